The molecule has 0 spiro atoms. The lowest BCUT2D eigenvalue weighted by Crippen LogP contribution is -2.26. The number of rotatable bonds is 4. The van der Waals surface area contributed by atoms with Crippen molar-refractivity contribution in [2.24, 2.45) is 11.3 Å². The Morgan fingerprint density at radius 3 is 1.42 bits per heavy atom. The zero-order valence-electron chi connectivity index (χ0n) is 8.09. The van der Waals surface area contributed by atoms with Gasteiger partial charge in [-0.05, 0) is 24.7 Å². The number of hydrogen-bond acceptors (Lipinski definition) is 2. The van der Waals surface area contributed by atoms with Crippen molar-refractivity contribution in [2.45, 2.75) is 40.0 Å². The second-order valence-corrected chi connectivity index (χ2v) is 3.11. The van der Waals surface area contributed by atoms with Gasteiger partial charge in [-0.25, -0.2) is 0 Å². The van der Waals surface area contributed by atoms with Gasteiger partial charge in [-0.3, -0.25) is 0 Å². The van der Waals surface area contributed by atoms with E-state index in [-0.39, 0.29) is 5.41 Å². The molecule has 0 fully saturated rings. The molecular formula is C10H16N2. The van der Waals surface area contributed by atoms with Crippen molar-refractivity contribution in [1.82, 2.24) is 0 Å². The highest BCUT2D eigenvalue weighted by molar-refractivity contribution is 5.08. The predicted octanol–water partition coefficient (Wildman–Crippen LogP) is 2.87. The molecule has 0 unspecified atom stereocenters. The Labute approximate surface area is 74.8 Å². The van der Waals surface area contributed by atoms with Gasteiger partial charge in [0, 0.05) is 0 Å². The molecule has 0 amide bonds. The van der Waals surface area contributed by atoms with Crippen LogP contribution in [0.1, 0.15) is 40.0 Å². The summed E-state index contributed by atoms with van der Waals surface area (Å²) in [5.41, 5.74) is -0.0799. The molecule has 12 heavy (non-hydrogen) atoms. The summed E-state index contributed by atoms with van der Waals surface area (Å²) in [6, 6.07) is 4.17. The molecule has 2 nitrogen and oxygen atoms in total. The molecule has 66 valence electrons. The monoisotopic (exact) mass is 164 g/mol. The van der Waals surface area contributed by atoms with Gasteiger partial charge in [-0.1, -0.05) is 20.8 Å². The largest absolute Gasteiger partial charge is 0.197 e. The second kappa shape index (κ2) is 4.78. The van der Waals surface area contributed by atoms with Gasteiger partial charge in [0.1, 0.15) is 5.92 Å². The third-order valence-electron chi connectivity index (χ3n) is 2.98. The summed E-state index contributed by atoms with van der Waals surface area (Å²) in [5.74, 6) is -0.447. The van der Waals surface area contributed by atoms with Crippen LogP contribution in [0.3, 0.4) is 0 Å². The maximum Gasteiger partial charge on any atom is 0.138 e. The molecule has 0 radical (unpaired) electrons. The fraction of sp³-hybridized carbons (Fsp3) is 0.800. The van der Waals surface area contributed by atoms with Crippen molar-refractivity contribution < 1.29 is 0 Å². The van der Waals surface area contributed by atoms with E-state index in [1.54, 1.807) is 0 Å². The van der Waals surface area contributed by atoms with Crippen LogP contribution in [0.2, 0.25) is 0 Å². The lowest BCUT2D eigenvalue weighted by molar-refractivity contribution is 0.211. The van der Waals surface area contributed by atoms with Crippen molar-refractivity contribution in [1.29, 1.82) is 10.5 Å². The molecule has 0 saturated heterocycles. The topological polar surface area (TPSA) is 47.6 Å². The van der Waals surface area contributed by atoms with Gasteiger partial charge in [0.05, 0.1) is 12.1 Å². The highest BCUT2D eigenvalue weighted by Gasteiger charge is 2.34. The Balaban J connectivity index is 4.72. The van der Waals surface area contributed by atoms with E-state index in [0.29, 0.717) is 0 Å². The first-order chi connectivity index (χ1) is 5.70. The average molecular weight is 164 g/mol. The number of hydrogen-bond donors (Lipinski definition) is 0. The molecule has 0 N–H and O–H groups in total. The van der Waals surface area contributed by atoms with Crippen LogP contribution in [-0.2, 0) is 0 Å². The standard InChI is InChI=1S/C10H16N2/c1-4-10(5-2,6-3)9(7-11)8-12/h9H,4-6H2,1-3H3. The zero-order chi connectivity index (χ0) is 9.61. The van der Waals surface area contributed by atoms with Gasteiger partial charge in [-0.2, -0.15) is 10.5 Å². The van der Waals surface area contributed by atoms with Crippen LogP contribution >= 0.6 is 0 Å². The third kappa shape index (κ3) is 1.77. The first-order valence-corrected chi connectivity index (χ1v) is 4.50. The molecule has 0 aliphatic heterocycles. The van der Waals surface area contributed by atoms with E-state index in [9.17, 15) is 0 Å². The summed E-state index contributed by atoms with van der Waals surface area (Å²) in [6.07, 6.45) is 2.73. The second-order valence-electron chi connectivity index (χ2n) is 3.11. The molecule has 0 rings (SSSR count). The summed E-state index contributed by atoms with van der Waals surface area (Å²) >= 11 is 0. The molecule has 0 saturated carbocycles. The smallest absolute Gasteiger partial charge is 0.138 e. The summed E-state index contributed by atoms with van der Waals surface area (Å²) in [5, 5.41) is 17.6. The molecule has 0 aliphatic carbocycles. The van der Waals surface area contributed by atoms with E-state index >= 15 is 0 Å². The highest BCUT2D eigenvalue weighted by Crippen LogP contribution is 2.37. The maximum atomic E-state index is 8.78. The first-order valence-electron chi connectivity index (χ1n) is 4.50. The first kappa shape index (κ1) is 11.0. The van der Waals surface area contributed by atoms with Gasteiger partial charge < -0.3 is 0 Å². The Hall–Kier alpha value is -1.02. The molecule has 2 heteroatoms. The lowest BCUT2D eigenvalue weighted by Gasteiger charge is -2.30. The van der Waals surface area contributed by atoms with Crippen molar-refractivity contribution in [3.05, 3.63) is 0 Å². The van der Waals surface area contributed by atoms with Crippen molar-refractivity contribution in [2.75, 3.05) is 0 Å². The fourth-order valence-corrected chi connectivity index (χ4v) is 1.67. The minimum atomic E-state index is -0.447. The van der Waals surface area contributed by atoms with Crippen LogP contribution in [0.15, 0.2) is 0 Å². The molecule has 0 bridgehead atoms. The average Bonchev–Trinajstić information content (AvgIpc) is 2.14. The van der Waals surface area contributed by atoms with Crippen molar-refractivity contribution in [3.63, 3.8) is 0 Å². The zero-order valence-corrected chi connectivity index (χ0v) is 8.09. The van der Waals surface area contributed by atoms with Gasteiger partial charge >= 0.3 is 0 Å². The molecular weight excluding hydrogens is 148 g/mol. The molecule has 0 atom stereocenters. The van der Waals surface area contributed by atoms with E-state index < -0.39 is 5.92 Å². The Morgan fingerprint density at radius 1 is 1.00 bits per heavy atom. The quantitative estimate of drug-likeness (QED) is 0.641. The number of nitriles is 2. The summed E-state index contributed by atoms with van der Waals surface area (Å²) in [7, 11) is 0. The van der Waals surface area contributed by atoms with Crippen LogP contribution in [0.4, 0.5) is 0 Å². The SMILES string of the molecule is CCC(CC)(CC)C(C#N)C#N. The molecule has 0 aromatic rings. The van der Waals surface area contributed by atoms with E-state index in [4.69, 9.17) is 10.5 Å². The summed E-state index contributed by atoms with van der Waals surface area (Å²) in [6.45, 7) is 6.15. The van der Waals surface area contributed by atoms with Crippen LogP contribution in [-0.4, -0.2) is 0 Å². The van der Waals surface area contributed by atoms with E-state index in [2.05, 4.69) is 32.9 Å². The summed E-state index contributed by atoms with van der Waals surface area (Å²) in [4.78, 5) is 0. The van der Waals surface area contributed by atoms with Gasteiger partial charge in [-0.15, -0.1) is 0 Å². The van der Waals surface area contributed by atoms with E-state index in [0.717, 1.165) is 19.3 Å². The van der Waals surface area contributed by atoms with Crippen molar-refractivity contribution >= 4 is 0 Å². The minimum Gasteiger partial charge on any atom is -0.197 e. The van der Waals surface area contributed by atoms with Crippen LogP contribution in [0.25, 0.3) is 0 Å². The van der Waals surface area contributed by atoms with Crippen molar-refractivity contribution in [3.8, 4) is 12.1 Å². The molecule has 0 heterocycles. The third-order valence-corrected chi connectivity index (χ3v) is 2.98. The van der Waals surface area contributed by atoms with Gasteiger partial charge in [0.15, 0.2) is 0 Å². The van der Waals surface area contributed by atoms with E-state index in [1.165, 1.54) is 0 Å². The fourth-order valence-electron chi connectivity index (χ4n) is 1.67. The van der Waals surface area contributed by atoms with Gasteiger partial charge in [0.2, 0.25) is 0 Å². The van der Waals surface area contributed by atoms with Gasteiger partial charge in [0.25, 0.3) is 0 Å². The Bertz CT molecular complexity index is 181. The number of nitrogens with zero attached hydrogens (tertiary/aromatic N) is 2. The highest BCUT2D eigenvalue weighted by atomic mass is 14.4. The normalized spacial score (nSPS) is 10.8. The van der Waals surface area contributed by atoms with Crippen LogP contribution < -0.4 is 0 Å². The molecule has 0 aromatic carbocycles. The minimum absolute atomic E-state index is 0.0799. The maximum absolute atomic E-state index is 8.78. The van der Waals surface area contributed by atoms with Crippen LogP contribution in [0.5, 0.6) is 0 Å². The molecule has 0 aromatic heterocycles. The molecule has 0 aliphatic rings. The Kier molecular flexibility index (Phi) is 4.37. The lowest BCUT2D eigenvalue weighted by atomic mass is 9.70. The predicted molar refractivity (Wildman–Crippen MR) is 48.0 cm³/mol. The van der Waals surface area contributed by atoms with E-state index in [1.807, 2.05) is 0 Å². The Morgan fingerprint density at radius 2 is 1.33 bits per heavy atom. The summed E-state index contributed by atoms with van der Waals surface area (Å²) < 4.78 is 0. The van der Waals surface area contributed by atoms with Crippen LogP contribution in [0, 0.1) is 34.0 Å².